The Morgan fingerprint density at radius 1 is 1.27 bits per heavy atom. The van der Waals surface area contributed by atoms with Crippen LogP contribution in [-0.2, 0) is 6.54 Å². The van der Waals surface area contributed by atoms with Gasteiger partial charge in [0, 0.05) is 17.2 Å². The van der Waals surface area contributed by atoms with E-state index < -0.39 is 11.6 Å². The highest BCUT2D eigenvalue weighted by Gasteiger charge is 2.15. The van der Waals surface area contributed by atoms with Gasteiger partial charge in [0.1, 0.15) is 17.4 Å². The first-order chi connectivity index (χ1) is 10.4. The molecule has 0 heterocycles. The van der Waals surface area contributed by atoms with Crippen LogP contribution in [0.4, 0.5) is 14.5 Å². The van der Waals surface area contributed by atoms with Gasteiger partial charge in [-0.15, -0.1) is 0 Å². The number of anilines is 1. The Labute approximate surface area is 127 Å². The molecule has 0 unspecified atom stereocenters. The van der Waals surface area contributed by atoms with E-state index in [9.17, 15) is 18.7 Å². The second-order valence-corrected chi connectivity index (χ2v) is 4.80. The third kappa shape index (κ3) is 3.31. The summed E-state index contributed by atoms with van der Waals surface area (Å²) < 4.78 is 26.7. The fourth-order valence-corrected chi connectivity index (χ4v) is 2.14. The van der Waals surface area contributed by atoms with Gasteiger partial charge in [-0.05, 0) is 37.4 Å². The average Bonchev–Trinajstić information content (AvgIpc) is 2.47. The van der Waals surface area contributed by atoms with Crippen molar-refractivity contribution in [2.75, 3.05) is 4.90 Å². The summed E-state index contributed by atoms with van der Waals surface area (Å²) in [5.74, 6) is -1.60. The number of hydrogen-bond acceptors (Lipinski definition) is 3. The topological polar surface area (TPSA) is 40.5 Å². The van der Waals surface area contributed by atoms with Crippen LogP contribution in [-0.4, -0.2) is 10.9 Å². The molecule has 22 heavy (non-hydrogen) atoms. The fraction of sp³-hybridized carbons (Fsp3) is 0.118. The summed E-state index contributed by atoms with van der Waals surface area (Å²) in [5.41, 5.74) is 1.05. The molecule has 0 saturated carbocycles. The van der Waals surface area contributed by atoms with Crippen LogP contribution in [0, 0.1) is 11.6 Å². The zero-order valence-corrected chi connectivity index (χ0v) is 12.0. The van der Waals surface area contributed by atoms with Crippen molar-refractivity contribution < 1.29 is 18.7 Å². The molecule has 3 nitrogen and oxygen atoms in total. The standard InChI is InChI=1S/C17H15F2NO2/c1-3-20(10-12-4-5-13(18)8-16(12)19)17-7-6-14(22)9-15(17)11(2)21/h3-9,22H,1,10H2,2H3. The Kier molecular flexibility index (Phi) is 4.56. The Morgan fingerprint density at radius 2 is 2.00 bits per heavy atom. The zero-order valence-electron chi connectivity index (χ0n) is 12.0. The van der Waals surface area contributed by atoms with Crippen LogP contribution in [0.15, 0.2) is 49.2 Å². The van der Waals surface area contributed by atoms with E-state index in [0.717, 1.165) is 6.07 Å². The first kappa shape index (κ1) is 15.7. The van der Waals surface area contributed by atoms with Gasteiger partial charge in [0.25, 0.3) is 0 Å². The van der Waals surface area contributed by atoms with Gasteiger partial charge < -0.3 is 10.0 Å². The van der Waals surface area contributed by atoms with Crippen LogP contribution in [0.1, 0.15) is 22.8 Å². The van der Waals surface area contributed by atoms with Crippen molar-refractivity contribution in [1.29, 1.82) is 0 Å². The second-order valence-electron chi connectivity index (χ2n) is 4.80. The summed E-state index contributed by atoms with van der Waals surface area (Å²) in [4.78, 5) is 13.3. The highest BCUT2D eigenvalue weighted by molar-refractivity contribution is 6.00. The second kappa shape index (κ2) is 6.39. The normalized spacial score (nSPS) is 10.3. The van der Waals surface area contributed by atoms with Crippen molar-refractivity contribution in [3.8, 4) is 5.75 Å². The van der Waals surface area contributed by atoms with Gasteiger partial charge in [0.2, 0.25) is 0 Å². The lowest BCUT2D eigenvalue weighted by Gasteiger charge is -2.23. The van der Waals surface area contributed by atoms with Crippen molar-refractivity contribution in [2.45, 2.75) is 13.5 Å². The first-order valence-electron chi connectivity index (χ1n) is 6.59. The summed E-state index contributed by atoms with van der Waals surface area (Å²) in [5, 5.41) is 9.51. The van der Waals surface area contributed by atoms with Crippen molar-refractivity contribution in [3.05, 3.63) is 71.9 Å². The van der Waals surface area contributed by atoms with Crippen molar-refractivity contribution >= 4 is 11.5 Å². The third-order valence-corrected chi connectivity index (χ3v) is 3.25. The molecule has 0 spiro atoms. The van der Waals surface area contributed by atoms with Gasteiger partial charge >= 0.3 is 0 Å². The molecule has 0 fully saturated rings. The molecule has 5 heteroatoms. The van der Waals surface area contributed by atoms with E-state index >= 15 is 0 Å². The number of benzene rings is 2. The molecule has 0 saturated heterocycles. The van der Waals surface area contributed by atoms with E-state index in [4.69, 9.17) is 0 Å². The number of rotatable bonds is 5. The molecule has 0 bridgehead atoms. The molecule has 0 amide bonds. The predicted octanol–water partition coefficient (Wildman–Crippen LogP) is 4.02. The Bertz CT molecular complexity index is 729. The van der Waals surface area contributed by atoms with Crippen LogP contribution in [0.3, 0.4) is 0 Å². The highest BCUT2D eigenvalue weighted by Crippen LogP contribution is 2.27. The highest BCUT2D eigenvalue weighted by atomic mass is 19.1. The number of ketones is 1. The Balaban J connectivity index is 2.40. The molecule has 0 aliphatic rings. The van der Waals surface area contributed by atoms with Crippen LogP contribution in [0.5, 0.6) is 5.75 Å². The minimum absolute atomic E-state index is 0.0362. The maximum atomic E-state index is 13.8. The molecule has 0 aliphatic carbocycles. The van der Waals surface area contributed by atoms with Crippen LogP contribution in [0.2, 0.25) is 0 Å². The number of hydrogen-bond donors (Lipinski definition) is 1. The molecule has 1 N–H and O–H groups in total. The Morgan fingerprint density at radius 3 is 2.59 bits per heavy atom. The molecule has 2 aromatic carbocycles. The molecular formula is C17H15F2NO2. The summed E-state index contributed by atoms with van der Waals surface area (Å²) in [6.45, 7) is 5.12. The van der Waals surface area contributed by atoms with Crippen molar-refractivity contribution in [3.63, 3.8) is 0 Å². The van der Waals surface area contributed by atoms with E-state index in [-0.39, 0.29) is 23.6 Å². The maximum Gasteiger partial charge on any atom is 0.162 e. The quantitative estimate of drug-likeness (QED) is 0.848. The lowest BCUT2D eigenvalue weighted by Crippen LogP contribution is -2.18. The number of Topliss-reactive ketones (excluding diaryl/α,β-unsaturated/α-hetero) is 1. The lowest BCUT2D eigenvalue weighted by atomic mass is 10.1. The molecular weight excluding hydrogens is 288 g/mol. The maximum absolute atomic E-state index is 13.8. The average molecular weight is 303 g/mol. The van der Waals surface area contributed by atoms with Crippen molar-refractivity contribution in [1.82, 2.24) is 0 Å². The number of aromatic hydroxyl groups is 1. The predicted molar refractivity (Wildman–Crippen MR) is 80.8 cm³/mol. The van der Waals surface area contributed by atoms with Gasteiger partial charge in [-0.25, -0.2) is 8.78 Å². The number of carbonyl (C=O) groups excluding carboxylic acids is 1. The number of phenols is 1. The number of phenolic OH excluding ortho intramolecular Hbond substituents is 1. The molecule has 0 atom stereocenters. The first-order valence-corrected chi connectivity index (χ1v) is 6.59. The molecule has 0 aromatic heterocycles. The third-order valence-electron chi connectivity index (χ3n) is 3.25. The number of nitrogens with zero attached hydrogens (tertiary/aromatic N) is 1. The summed E-state index contributed by atoms with van der Waals surface area (Å²) >= 11 is 0. The van der Waals surface area contributed by atoms with E-state index in [1.165, 1.54) is 37.4 Å². The van der Waals surface area contributed by atoms with Gasteiger partial charge in [-0.1, -0.05) is 12.6 Å². The summed E-state index contributed by atoms with van der Waals surface area (Å²) in [7, 11) is 0. The lowest BCUT2D eigenvalue weighted by molar-refractivity contribution is 0.101. The molecule has 0 aliphatic heterocycles. The minimum atomic E-state index is -0.671. The smallest absolute Gasteiger partial charge is 0.162 e. The molecule has 2 aromatic rings. The fourth-order valence-electron chi connectivity index (χ4n) is 2.14. The number of carbonyl (C=O) groups is 1. The number of halogens is 2. The SMILES string of the molecule is C=CN(Cc1ccc(F)cc1F)c1ccc(O)cc1C(C)=O. The minimum Gasteiger partial charge on any atom is -0.508 e. The monoisotopic (exact) mass is 303 g/mol. The van der Waals surface area contributed by atoms with Gasteiger partial charge in [-0.3, -0.25) is 4.79 Å². The summed E-state index contributed by atoms with van der Waals surface area (Å²) in [6, 6.07) is 7.64. The molecule has 114 valence electrons. The molecule has 0 radical (unpaired) electrons. The van der Waals surface area contributed by atoms with E-state index in [1.807, 2.05) is 0 Å². The molecule has 2 rings (SSSR count). The van der Waals surface area contributed by atoms with Gasteiger partial charge in [0.05, 0.1) is 12.2 Å². The van der Waals surface area contributed by atoms with Gasteiger partial charge in [0.15, 0.2) is 5.78 Å². The van der Waals surface area contributed by atoms with Crippen molar-refractivity contribution in [2.24, 2.45) is 0 Å². The largest absolute Gasteiger partial charge is 0.508 e. The van der Waals surface area contributed by atoms with Gasteiger partial charge in [-0.2, -0.15) is 0 Å². The van der Waals surface area contributed by atoms with Crippen LogP contribution in [0.25, 0.3) is 0 Å². The van der Waals surface area contributed by atoms with E-state index in [2.05, 4.69) is 6.58 Å². The van der Waals surface area contributed by atoms with Crippen LogP contribution >= 0.6 is 0 Å². The zero-order chi connectivity index (χ0) is 16.3. The van der Waals surface area contributed by atoms with E-state index in [0.29, 0.717) is 11.3 Å². The Hall–Kier alpha value is -2.69. The summed E-state index contributed by atoms with van der Waals surface area (Å²) in [6.07, 6.45) is 1.45. The van der Waals surface area contributed by atoms with Crippen LogP contribution < -0.4 is 4.90 Å². The van der Waals surface area contributed by atoms with E-state index in [1.54, 1.807) is 11.0 Å².